The van der Waals surface area contributed by atoms with Gasteiger partial charge >= 0.3 is 0 Å². The molecule has 17 heavy (non-hydrogen) atoms. The molecule has 4 nitrogen and oxygen atoms in total. The summed E-state index contributed by atoms with van der Waals surface area (Å²) in [5.41, 5.74) is 6.91. The van der Waals surface area contributed by atoms with Crippen LogP contribution < -0.4 is 5.73 Å². The summed E-state index contributed by atoms with van der Waals surface area (Å²) in [6, 6.07) is 10.1. The average molecular weight is 229 g/mol. The normalized spacial score (nSPS) is 17.0. The Hall–Kier alpha value is -1.68. The molecule has 0 spiro atoms. The van der Waals surface area contributed by atoms with Gasteiger partial charge in [0.15, 0.2) is 5.82 Å². The number of rotatable bonds is 4. The van der Waals surface area contributed by atoms with Crippen LogP contribution in [0.2, 0.25) is 0 Å². The van der Waals surface area contributed by atoms with Crippen LogP contribution in [0.25, 0.3) is 0 Å². The van der Waals surface area contributed by atoms with Crippen LogP contribution in [0.15, 0.2) is 34.9 Å². The number of nitrogens with zero attached hydrogens (tertiary/aromatic N) is 2. The van der Waals surface area contributed by atoms with Gasteiger partial charge in [0.2, 0.25) is 5.89 Å². The van der Waals surface area contributed by atoms with Crippen LogP contribution in [0.3, 0.4) is 0 Å². The standard InChI is InChI=1S/C13H15N3O/c14-9-13(6-7-13)12-15-11(16-17-12)8-10-4-2-1-3-5-10/h1-5H,6-9,14H2. The first kappa shape index (κ1) is 10.5. The highest BCUT2D eigenvalue weighted by Crippen LogP contribution is 2.46. The Labute approximate surface area is 99.8 Å². The molecule has 4 heteroatoms. The first-order valence-corrected chi connectivity index (χ1v) is 5.89. The molecular formula is C13H15N3O. The maximum Gasteiger partial charge on any atom is 0.234 e. The van der Waals surface area contributed by atoms with Gasteiger partial charge in [-0.15, -0.1) is 0 Å². The number of nitrogens with two attached hydrogens (primary N) is 1. The molecule has 1 heterocycles. The molecule has 2 aromatic rings. The van der Waals surface area contributed by atoms with Crippen molar-refractivity contribution in [1.82, 2.24) is 10.1 Å². The van der Waals surface area contributed by atoms with Crippen molar-refractivity contribution in [3.8, 4) is 0 Å². The van der Waals surface area contributed by atoms with E-state index < -0.39 is 0 Å². The van der Waals surface area contributed by atoms with Crippen LogP contribution in [0.5, 0.6) is 0 Å². The molecule has 0 amide bonds. The third-order valence-corrected chi connectivity index (χ3v) is 3.37. The van der Waals surface area contributed by atoms with Crippen LogP contribution in [0.4, 0.5) is 0 Å². The van der Waals surface area contributed by atoms with Crippen LogP contribution in [-0.4, -0.2) is 16.7 Å². The molecule has 0 radical (unpaired) electrons. The van der Waals surface area contributed by atoms with E-state index in [1.807, 2.05) is 18.2 Å². The summed E-state index contributed by atoms with van der Waals surface area (Å²) in [6.45, 7) is 0.597. The van der Waals surface area contributed by atoms with E-state index in [4.69, 9.17) is 10.3 Å². The van der Waals surface area contributed by atoms with Gasteiger partial charge in [-0.2, -0.15) is 4.98 Å². The minimum atomic E-state index is -0.0120. The van der Waals surface area contributed by atoms with Gasteiger partial charge < -0.3 is 10.3 Å². The summed E-state index contributed by atoms with van der Waals surface area (Å²) in [5, 5.41) is 4.02. The van der Waals surface area contributed by atoms with Gasteiger partial charge in [0.05, 0.1) is 5.41 Å². The fourth-order valence-electron chi connectivity index (χ4n) is 1.98. The van der Waals surface area contributed by atoms with E-state index in [2.05, 4.69) is 22.3 Å². The van der Waals surface area contributed by atoms with Gasteiger partial charge in [-0.3, -0.25) is 0 Å². The van der Waals surface area contributed by atoms with E-state index in [0.717, 1.165) is 18.7 Å². The van der Waals surface area contributed by atoms with Crippen molar-refractivity contribution >= 4 is 0 Å². The molecule has 0 unspecified atom stereocenters. The number of aromatic nitrogens is 2. The van der Waals surface area contributed by atoms with Crippen molar-refractivity contribution in [2.45, 2.75) is 24.7 Å². The fourth-order valence-corrected chi connectivity index (χ4v) is 1.98. The highest BCUT2D eigenvalue weighted by atomic mass is 16.5. The van der Waals surface area contributed by atoms with Crippen molar-refractivity contribution in [3.63, 3.8) is 0 Å². The van der Waals surface area contributed by atoms with Crippen molar-refractivity contribution in [3.05, 3.63) is 47.6 Å². The van der Waals surface area contributed by atoms with Gasteiger partial charge in [-0.05, 0) is 18.4 Å². The van der Waals surface area contributed by atoms with E-state index in [-0.39, 0.29) is 5.41 Å². The molecule has 1 aromatic heterocycles. The molecule has 0 aliphatic heterocycles. The molecule has 2 N–H and O–H groups in total. The van der Waals surface area contributed by atoms with Crippen molar-refractivity contribution in [1.29, 1.82) is 0 Å². The molecule has 1 aliphatic carbocycles. The predicted octanol–water partition coefficient (Wildman–Crippen LogP) is 1.65. The Balaban J connectivity index is 1.77. The summed E-state index contributed by atoms with van der Waals surface area (Å²) in [6.07, 6.45) is 2.85. The molecule has 0 atom stereocenters. The first-order chi connectivity index (χ1) is 8.32. The van der Waals surface area contributed by atoms with E-state index in [1.54, 1.807) is 0 Å². The second-order valence-electron chi connectivity index (χ2n) is 4.66. The van der Waals surface area contributed by atoms with Gasteiger partial charge in [0.25, 0.3) is 0 Å². The lowest BCUT2D eigenvalue weighted by atomic mass is 10.1. The van der Waals surface area contributed by atoms with Crippen molar-refractivity contribution in [2.75, 3.05) is 6.54 Å². The second kappa shape index (κ2) is 3.96. The van der Waals surface area contributed by atoms with Gasteiger partial charge in [-0.1, -0.05) is 35.5 Å². The zero-order valence-electron chi connectivity index (χ0n) is 9.60. The van der Waals surface area contributed by atoms with E-state index in [9.17, 15) is 0 Å². The third-order valence-electron chi connectivity index (χ3n) is 3.37. The highest BCUT2D eigenvalue weighted by Gasteiger charge is 2.48. The quantitative estimate of drug-likeness (QED) is 0.865. The molecule has 0 bridgehead atoms. The number of hydrogen-bond acceptors (Lipinski definition) is 4. The van der Waals surface area contributed by atoms with Crippen LogP contribution in [-0.2, 0) is 11.8 Å². The lowest BCUT2D eigenvalue weighted by Crippen LogP contribution is -2.20. The summed E-state index contributed by atoms with van der Waals surface area (Å²) < 4.78 is 5.31. The predicted molar refractivity (Wildman–Crippen MR) is 63.5 cm³/mol. The lowest BCUT2D eigenvalue weighted by molar-refractivity contribution is 0.344. The molecule has 3 rings (SSSR count). The van der Waals surface area contributed by atoms with Crippen molar-refractivity contribution in [2.24, 2.45) is 5.73 Å². The molecular weight excluding hydrogens is 214 g/mol. The summed E-state index contributed by atoms with van der Waals surface area (Å²) >= 11 is 0. The number of benzene rings is 1. The smallest absolute Gasteiger partial charge is 0.234 e. The summed E-state index contributed by atoms with van der Waals surface area (Å²) in [4.78, 5) is 4.45. The Kier molecular flexibility index (Phi) is 2.44. The maximum atomic E-state index is 5.73. The topological polar surface area (TPSA) is 64.9 Å². The van der Waals surface area contributed by atoms with Crippen LogP contribution in [0, 0.1) is 0 Å². The largest absolute Gasteiger partial charge is 0.339 e. The highest BCUT2D eigenvalue weighted by molar-refractivity contribution is 5.20. The Morgan fingerprint density at radius 2 is 2.00 bits per heavy atom. The minimum absolute atomic E-state index is 0.0120. The molecule has 0 saturated heterocycles. The maximum absolute atomic E-state index is 5.73. The SMILES string of the molecule is NCC1(c2nc(Cc3ccccc3)no2)CC1. The van der Waals surface area contributed by atoms with Crippen LogP contribution in [0.1, 0.15) is 30.1 Å². The zero-order chi connectivity index (χ0) is 11.7. The van der Waals surface area contributed by atoms with E-state index in [1.165, 1.54) is 5.56 Å². The number of hydrogen-bond donors (Lipinski definition) is 1. The molecule has 1 aliphatic rings. The molecule has 1 fully saturated rings. The Morgan fingerprint density at radius 1 is 1.24 bits per heavy atom. The molecule has 88 valence electrons. The Bertz CT molecular complexity index is 502. The van der Waals surface area contributed by atoms with E-state index >= 15 is 0 Å². The Morgan fingerprint density at radius 3 is 2.65 bits per heavy atom. The fraction of sp³-hybridized carbons (Fsp3) is 0.385. The van der Waals surface area contributed by atoms with Gasteiger partial charge in [0, 0.05) is 13.0 Å². The summed E-state index contributed by atoms with van der Waals surface area (Å²) in [5.74, 6) is 1.46. The average Bonchev–Trinajstić information content (AvgIpc) is 3.05. The van der Waals surface area contributed by atoms with E-state index in [0.29, 0.717) is 18.9 Å². The summed E-state index contributed by atoms with van der Waals surface area (Å²) in [7, 11) is 0. The monoisotopic (exact) mass is 229 g/mol. The van der Waals surface area contributed by atoms with Crippen molar-refractivity contribution < 1.29 is 4.52 Å². The molecule has 1 aromatic carbocycles. The zero-order valence-corrected chi connectivity index (χ0v) is 9.60. The third kappa shape index (κ3) is 1.96. The second-order valence-corrected chi connectivity index (χ2v) is 4.66. The van der Waals surface area contributed by atoms with Crippen LogP contribution >= 0.6 is 0 Å². The molecule has 1 saturated carbocycles. The first-order valence-electron chi connectivity index (χ1n) is 5.89. The van der Waals surface area contributed by atoms with Gasteiger partial charge in [0.1, 0.15) is 0 Å². The minimum Gasteiger partial charge on any atom is -0.339 e. The van der Waals surface area contributed by atoms with Gasteiger partial charge in [-0.25, -0.2) is 0 Å². The lowest BCUT2D eigenvalue weighted by Gasteiger charge is -2.03.